The van der Waals surface area contributed by atoms with Crippen molar-refractivity contribution in [1.82, 2.24) is 4.72 Å². The van der Waals surface area contributed by atoms with Crippen molar-refractivity contribution in [1.29, 1.82) is 0 Å². The van der Waals surface area contributed by atoms with E-state index in [4.69, 9.17) is 16.3 Å². The van der Waals surface area contributed by atoms with Crippen molar-refractivity contribution in [2.75, 3.05) is 0 Å². The van der Waals surface area contributed by atoms with E-state index in [2.05, 4.69) is 4.72 Å². The van der Waals surface area contributed by atoms with Crippen molar-refractivity contribution in [2.24, 2.45) is 0 Å². The van der Waals surface area contributed by atoms with Gasteiger partial charge in [0.2, 0.25) is 10.0 Å². The maximum Gasteiger partial charge on any atom is 0.336 e. The summed E-state index contributed by atoms with van der Waals surface area (Å²) in [4.78, 5) is 12.9. The molecule has 0 aliphatic carbocycles. The predicted molar refractivity (Wildman–Crippen MR) is 125 cm³/mol. The van der Waals surface area contributed by atoms with Crippen molar-refractivity contribution in [3.8, 4) is 0 Å². The summed E-state index contributed by atoms with van der Waals surface area (Å²) in [6, 6.07) is 20.0. The lowest BCUT2D eigenvalue weighted by Gasteiger charge is -2.20. The zero-order chi connectivity index (χ0) is 22.9. The number of hydrogen-bond donors (Lipinski definition) is 1. The largest absolute Gasteiger partial charge is 0.452 e. The highest BCUT2D eigenvalue weighted by atomic mass is 35.5. The number of carbonyl (C=O) groups excluding carboxylic acids is 1. The van der Waals surface area contributed by atoms with Gasteiger partial charge in [-0.25, -0.2) is 13.2 Å². The minimum atomic E-state index is -3.91. The van der Waals surface area contributed by atoms with Gasteiger partial charge >= 0.3 is 5.97 Å². The van der Waals surface area contributed by atoms with E-state index in [1.807, 2.05) is 38.1 Å². The number of esters is 1. The first-order chi connectivity index (χ1) is 15.2. The Morgan fingerprint density at radius 2 is 1.44 bits per heavy atom. The van der Waals surface area contributed by atoms with Gasteiger partial charge in [-0.3, -0.25) is 0 Å². The Morgan fingerprint density at radius 3 is 2.03 bits per heavy atom. The molecule has 0 spiro atoms. The maximum atomic E-state index is 13.2. The molecule has 3 aromatic carbocycles. The molecule has 4 rings (SSSR count). The number of halogens is 1. The van der Waals surface area contributed by atoms with Gasteiger partial charge in [-0.05, 0) is 55.3 Å². The van der Waals surface area contributed by atoms with Crippen LogP contribution in [0.25, 0.3) is 6.08 Å². The first-order valence-electron chi connectivity index (χ1n) is 10.1. The van der Waals surface area contributed by atoms with Crippen LogP contribution in [0.15, 0.2) is 83.3 Å². The molecule has 1 aliphatic rings. The molecule has 1 heterocycles. The molecule has 0 saturated carbocycles. The Hall–Kier alpha value is -2.93. The van der Waals surface area contributed by atoms with E-state index in [9.17, 15) is 13.2 Å². The highest BCUT2D eigenvalue weighted by Gasteiger charge is 2.43. The lowest BCUT2D eigenvalue weighted by atomic mass is 9.97. The Balaban J connectivity index is 1.76. The van der Waals surface area contributed by atoms with Crippen molar-refractivity contribution in [2.45, 2.75) is 30.9 Å². The highest BCUT2D eigenvalue weighted by Crippen LogP contribution is 2.36. The molecule has 1 aliphatic heterocycles. The van der Waals surface area contributed by atoms with E-state index in [0.717, 1.165) is 11.1 Å². The molecule has 1 N–H and O–H groups in total. The molecule has 0 amide bonds. The average Bonchev–Trinajstić information content (AvgIpc) is 3.05. The zero-order valence-electron chi connectivity index (χ0n) is 17.6. The number of nitrogens with one attached hydrogen (secondary N) is 1. The van der Waals surface area contributed by atoms with Gasteiger partial charge in [0.05, 0.1) is 16.5 Å². The fraction of sp³-hybridized carbons (Fsp3) is 0.160. The lowest BCUT2D eigenvalue weighted by molar-refractivity contribution is -0.139. The second-order valence-electron chi connectivity index (χ2n) is 7.80. The van der Waals surface area contributed by atoms with Crippen LogP contribution in [0.2, 0.25) is 5.02 Å². The Labute approximate surface area is 192 Å². The predicted octanol–water partition coefficient (Wildman–Crippen LogP) is 4.99. The number of benzene rings is 3. The fourth-order valence-corrected chi connectivity index (χ4v) is 4.86. The van der Waals surface area contributed by atoms with Gasteiger partial charge in [0.15, 0.2) is 0 Å². The molecule has 0 aromatic heterocycles. The van der Waals surface area contributed by atoms with Crippen LogP contribution < -0.4 is 4.72 Å². The second-order valence-corrected chi connectivity index (χ2v) is 9.95. The van der Waals surface area contributed by atoms with Gasteiger partial charge < -0.3 is 4.74 Å². The zero-order valence-corrected chi connectivity index (χ0v) is 19.2. The Morgan fingerprint density at radius 1 is 0.875 bits per heavy atom. The van der Waals surface area contributed by atoms with Gasteiger partial charge in [-0.15, -0.1) is 0 Å². The summed E-state index contributed by atoms with van der Waals surface area (Å²) in [6.45, 7) is 3.83. The standard InChI is InChI=1S/C25H22ClNO4S/c1-16-3-9-19(10-4-16)24-23(27-32(29,30)21-13-5-17(2)6-14-21)22(25(28)31-24)15-18-7-11-20(26)12-8-18/h3-15,23-24,27H,1-2H3/b22-15+/t23-,24+/m0/s1. The van der Waals surface area contributed by atoms with Crippen LogP contribution in [0.5, 0.6) is 0 Å². The van der Waals surface area contributed by atoms with Crippen LogP contribution in [0.1, 0.15) is 28.4 Å². The van der Waals surface area contributed by atoms with Crippen LogP contribution in [0, 0.1) is 13.8 Å². The van der Waals surface area contributed by atoms with Crippen LogP contribution >= 0.6 is 11.6 Å². The molecule has 1 fully saturated rings. The third kappa shape index (κ3) is 4.78. The number of rotatable bonds is 5. The number of hydrogen-bond acceptors (Lipinski definition) is 4. The van der Waals surface area contributed by atoms with Crippen LogP contribution in [0.4, 0.5) is 0 Å². The van der Waals surface area contributed by atoms with Crippen molar-refractivity contribution < 1.29 is 17.9 Å². The monoisotopic (exact) mass is 467 g/mol. The number of sulfonamides is 1. The van der Waals surface area contributed by atoms with Crippen LogP contribution in [0.3, 0.4) is 0 Å². The quantitative estimate of drug-likeness (QED) is 0.424. The summed E-state index contributed by atoms with van der Waals surface area (Å²) >= 11 is 5.96. The SMILES string of the molecule is Cc1ccc([C@H]2OC(=O)/C(=C/c3ccc(Cl)cc3)[C@@H]2NS(=O)(=O)c2ccc(C)cc2)cc1. The van der Waals surface area contributed by atoms with Crippen molar-refractivity contribution >= 4 is 33.7 Å². The lowest BCUT2D eigenvalue weighted by Crippen LogP contribution is -2.38. The topological polar surface area (TPSA) is 72.5 Å². The molecule has 0 radical (unpaired) electrons. The molecule has 5 nitrogen and oxygen atoms in total. The van der Waals surface area contributed by atoms with Gasteiger partial charge in [0.25, 0.3) is 0 Å². The van der Waals surface area contributed by atoms with E-state index in [1.54, 1.807) is 54.6 Å². The highest BCUT2D eigenvalue weighted by molar-refractivity contribution is 7.89. The molecule has 32 heavy (non-hydrogen) atoms. The summed E-state index contributed by atoms with van der Waals surface area (Å²) in [5.74, 6) is -0.567. The normalized spacial score (nSPS) is 19.8. The Bertz CT molecular complexity index is 1270. The molecule has 0 bridgehead atoms. The smallest absolute Gasteiger partial charge is 0.336 e. The third-order valence-corrected chi connectivity index (χ3v) is 7.03. The summed E-state index contributed by atoms with van der Waals surface area (Å²) in [7, 11) is -3.91. The fourth-order valence-electron chi connectivity index (χ4n) is 3.52. The van der Waals surface area contributed by atoms with E-state index < -0.39 is 28.1 Å². The average molecular weight is 468 g/mol. The number of aryl methyl sites for hydroxylation is 2. The van der Waals surface area contributed by atoms with Gasteiger partial charge in [-0.1, -0.05) is 71.3 Å². The number of ether oxygens (including phenoxy) is 1. The molecule has 164 valence electrons. The van der Waals surface area contributed by atoms with E-state index in [-0.39, 0.29) is 10.5 Å². The number of carbonyl (C=O) groups is 1. The van der Waals surface area contributed by atoms with Gasteiger partial charge in [0, 0.05) is 5.02 Å². The Kier molecular flexibility index (Phi) is 6.20. The first kappa shape index (κ1) is 22.3. The summed E-state index contributed by atoms with van der Waals surface area (Å²) in [5, 5.41) is 0.565. The molecule has 1 saturated heterocycles. The van der Waals surface area contributed by atoms with Gasteiger partial charge in [-0.2, -0.15) is 4.72 Å². The van der Waals surface area contributed by atoms with Gasteiger partial charge in [0.1, 0.15) is 6.10 Å². The summed E-state index contributed by atoms with van der Waals surface area (Å²) < 4.78 is 34.7. The molecule has 0 unspecified atom stereocenters. The summed E-state index contributed by atoms with van der Waals surface area (Å²) in [5.41, 5.74) is 3.65. The minimum absolute atomic E-state index is 0.121. The second kappa shape index (κ2) is 8.90. The molecule has 2 atom stereocenters. The number of cyclic esters (lactones) is 1. The van der Waals surface area contributed by atoms with E-state index >= 15 is 0 Å². The molecular formula is C25H22ClNO4S. The molecule has 7 heteroatoms. The van der Waals surface area contributed by atoms with Crippen LogP contribution in [-0.4, -0.2) is 20.4 Å². The maximum absolute atomic E-state index is 13.2. The van der Waals surface area contributed by atoms with E-state index in [0.29, 0.717) is 16.1 Å². The molecular weight excluding hydrogens is 446 g/mol. The summed E-state index contributed by atoms with van der Waals surface area (Å²) in [6.07, 6.45) is 0.844. The minimum Gasteiger partial charge on any atom is -0.452 e. The molecule has 3 aromatic rings. The first-order valence-corrected chi connectivity index (χ1v) is 11.9. The third-order valence-electron chi connectivity index (χ3n) is 5.32. The van der Waals surface area contributed by atoms with Crippen LogP contribution in [-0.2, 0) is 19.6 Å². The van der Waals surface area contributed by atoms with Crippen molar-refractivity contribution in [3.05, 3.63) is 106 Å². The van der Waals surface area contributed by atoms with E-state index in [1.165, 1.54) is 0 Å². The van der Waals surface area contributed by atoms with Crippen molar-refractivity contribution in [3.63, 3.8) is 0 Å².